The van der Waals surface area contributed by atoms with E-state index < -0.39 is 12.4 Å². The molecule has 2 atom stereocenters. The molecule has 0 unspecified atom stereocenters. The fourth-order valence-electron chi connectivity index (χ4n) is 6.47. The first kappa shape index (κ1) is 24.5. The fraction of sp³-hybridized carbons (Fsp3) is 0.114. The van der Waals surface area contributed by atoms with Crippen LogP contribution in [0, 0.1) is 5.92 Å². The molecule has 1 fully saturated rings. The topological polar surface area (TPSA) is 26.3 Å². The summed E-state index contributed by atoms with van der Waals surface area (Å²) in [6.07, 6.45) is 0.719. The summed E-state index contributed by atoms with van der Waals surface area (Å²) in [5.74, 6) is -0.0954. The molecule has 0 radical (unpaired) electrons. The van der Waals surface area contributed by atoms with Gasteiger partial charge in [0.15, 0.2) is 0 Å². The number of hydrogen-bond donors (Lipinski definition) is 0. The van der Waals surface area contributed by atoms with Crippen LogP contribution in [0.25, 0.3) is 0 Å². The van der Waals surface area contributed by atoms with Crippen molar-refractivity contribution in [1.29, 1.82) is 0 Å². The number of ketones is 1. The Balaban J connectivity index is 1.75. The van der Waals surface area contributed by atoms with Gasteiger partial charge in [-0.25, -0.2) is 0 Å². The molecule has 0 saturated carbocycles. The molecule has 0 N–H and O–H groups in total. The summed E-state index contributed by atoms with van der Waals surface area (Å²) in [6, 6.07) is 51.6. The van der Waals surface area contributed by atoms with E-state index in [1.54, 1.807) is 0 Å². The number of benzene rings is 5. The standard InChI is InChI=1S/C35H31O2P/c1-28-27-38(31-21-11-4-12-22-31,32-23-13-5-14-24-32,33-25-15-6-16-26-33)37-35(28,30-19-9-3-10-20-30)34(36)29-17-7-2-8-18-29/h2-26,28H,27H2,1H3/t28-,35-/m0/s1. The van der Waals surface area contributed by atoms with E-state index in [0.717, 1.165) is 27.6 Å². The number of hydrogen-bond acceptors (Lipinski definition) is 2. The molecule has 6 rings (SSSR count). The van der Waals surface area contributed by atoms with Gasteiger partial charge in [0, 0.05) is 0 Å². The van der Waals surface area contributed by atoms with Gasteiger partial charge in [0.25, 0.3) is 0 Å². The first-order valence-electron chi connectivity index (χ1n) is 13.2. The molecule has 0 bridgehead atoms. The summed E-state index contributed by atoms with van der Waals surface area (Å²) < 4.78 is 7.88. The van der Waals surface area contributed by atoms with E-state index in [4.69, 9.17) is 4.52 Å². The summed E-state index contributed by atoms with van der Waals surface area (Å²) >= 11 is 0. The summed E-state index contributed by atoms with van der Waals surface area (Å²) in [7, 11) is 0. The Labute approximate surface area is 225 Å². The molecule has 1 saturated heterocycles. The van der Waals surface area contributed by atoms with E-state index in [9.17, 15) is 4.79 Å². The maximum atomic E-state index is 14.8. The van der Waals surface area contributed by atoms with Crippen LogP contribution in [-0.2, 0) is 10.1 Å². The SMILES string of the molecule is C[C@H]1CP(c2ccccc2)(c2ccccc2)(c2ccccc2)O[C@]1(C(=O)c1ccccc1)c1ccccc1. The number of Topliss-reactive ketones (excluding diaryl/α,β-unsaturated/α-hetero) is 1. The van der Waals surface area contributed by atoms with Gasteiger partial charge in [0.1, 0.15) is 0 Å². The Morgan fingerprint density at radius 2 is 0.974 bits per heavy atom. The summed E-state index contributed by atoms with van der Waals surface area (Å²) in [6.45, 7) is -1.45. The molecule has 0 aliphatic carbocycles. The van der Waals surface area contributed by atoms with E-state index in [-0.39, 0.29) is 11.7 Å². The van der Waals surface area contributed by atoms with Crippen molar-refractivity contribution in [3.8, 4) is 0 Å². The molecular weight excluding hydrogens is 483 g/mol. The molecule has 0 aromatic heterocycles. The monoisotopic (exact) mass is 514 g/mol. The zero-order valence-electron chi connectivity index (χ0n) is 21.5. The van der Waals surface area contributed by atoms with Crippen molar-refractivity contribution < 1.29 is 9.32 Å². The minimum atomic E-state index is -3.64. The zero-order valence-corrected chi connectivity index (χ0v) is 22.4. The number of rotatable bonds is 6. The molecule has 3 heteroatoms. The summed E-state index contributed by atoms with van der Waals surface area (Å²) in [4.78, 5) is 14.8. The average molecular weight is 515 g/mol. The summed E-state index contributed by atoms with van der Waals surface area (Å²) in [5.41, 5.74) is 0.397. The van der Waals surface area contributed by atoms with Gasteiger partial charge in [0.2, 0.25) is 0 Å². The van der Waals surface area contributed by atoms with E-state index in [2.05, 4.69) is 91.9 Å². The van der Waals surface area contributed by atoms with Crippen LogP contribution in [-0.4, -0.2) is 11.9 Å². The van der Waals surface area contributed by atoms with Crippen molar-refractivity contribution in [2.45, 2.75) is 12.5 Å². The Bertz CT molecular complexity index is 1440. The van der Waals surface area contributed by atoms with Crippen LogP contribution < -0.4 is 15.9 Å². The fourth-order valence-corrected chi connectivity index (χ4v) is 13.1. The van der Waals surface area contributed by atoms with Crippen LogP contribution >= 0.6 is 6.83 Å². The third kappa shape index (κ3) is 3.45. The number of carbonyl (C=O) groups excluding carboxylic acids is 1. The van der Waals surface area contributed by atoms with Gasteiger partial charge in [-0.15, -0.1) is 0 Å². The third-order valence-corrected chi connectivity index (χ3v) is 14.3. The Morgan fingerprint density at radius 3 is 1.39 bits per heavy atom. The van der Waals surface area contributed by atoms with Crippen molar-refractivity contribution in [2.24, 2.45) is 5.92 Å². The van der Waals surface area contributed by atoms with E-state index in [0.29, 0.717) is 5.56 Å². The van der Waals surface area contributed by atoms with Gasteiger partial charge in [0.05, 0.1) is 0 Å². The average Bonchev–Trinajstić information content (AvgIpc) is 3.31. The molecule has 5 aromatic rings. The Hall–Kier alpha value is -3.84. The molecular formula is C35H31O2P. The molecule has 188 valence electrons. The maximum absolute atomic E-state index is 14.8. The predicted molar refractivity (Wildman–Crippen MR) is 159 cm³/mol. The molecule has 2 nitrogen and oxygen atoms in total. The van der Waals surface area contributed by atoms with Crippen LogP contribution in [0.15, 0.2) is 152 Å². The summed E-state index contributed by atoms with van der Waals surface area (Å²) in [5, 5.41) is 3.42. The van der Waals surface area contributed by atoms with Crippen LogP contribution in [0.2, 0.25) is 0 Å². The van der Waals surface area contributed by atoms with Gasteiger partial charge in [-0.1, -0.05) is 0 Å². The van der Waals surface area contributed by atoms with E-state index in [1.807, 2.05) is 66.7 Å². The molecule has 1 heterocycles. The second kappa shape index (κ2) is 9.48. The molecule has 5 aromatic carbocycles. The first-order valence-corrected chi connectivity index (χ1v) is 15.5. The third-order valence-electron chi connectivity index (χ3n) is 8.14. The van der Waals surface area contributed by atoms with Crippen molar-refractivity contribution in [3.63, 3.8) is 0 Å². The van der Waals surface area contributed by atoms with Gasteiger partial charge < -0.3 is 0 Å². The molecule has 38 heavy (non-hydrogen) atoms. The van der Waals surface area contributed by atoms with Crippen LogP contribution in [0.4, 0.5) is 0 Å². The molecule has 1 aliphatic heterocycles. The van der Waals surface area contributed by atoms with Crippen molar-refractivity contribution in [2.75, 3.05) is 6.16 Å². The van der Waals surface area contributed by atoms with Gasteiger partial charge in [-0.2, -0.15) is 0 Å². The normalized spacial score (nSPS) is 22.7. The van der Waals surface area contributed by atoms with Crippen LogP contribution in [0.3, 0.4) is 0 Å². The Kier molecular flexibility index (Phi) is 6.11. The Morgan fingerprint density at radius 1 is 0.605 bits per heavy atom. The predicted octanol–water partition coefficient (Wildman–Crippen LogP) is 6.88. The van der Waals surface area contributed by atoms with Gasteiger partial charge >= 0.3 is 225 Å². The van der Waals surface area contributed by atoms with Crippen LogP contribution in [0.1, 0.15) is 22.8 Å². The zero-order chi connectivity index (χ0) is 26.1. The molecule has 0 spiro atoms. The minimum absolute atomic E-state index is 0.00564. The molecule has 1 aliphatic rings. The van der Waals surface area contributed by atoms with Crippen molar-refractivity contribution in [1.82, 2.24) is 0 Å². The van der Waals surface area contributed by atoms with Crippen molar-refractivity contribution >= 4 is 28.5 Å². The van der Waals surface area contributed by atoms with Crippen molar-refractivity contribution in [3.05, 3.63) is 163 Å². The first-order chi connectivity index (χ1) is 18.6. The van der Waals surface area contributed by atoms with E-state index in [1.165, 1.54) is 0 Å². The number of carbonyl (C=O) groups is 1. The van der Waals surface area contributed by atoms with E-state index >= 15 is 0 Å². The second-order valence-electron chi connectivity index (χ2n) is 10.2. The quantitative estimate of drug-likeness (QED) is 0.182. The van der Waals surface area contributed by atoms with Crippen LogP contribution in [0.5, 0.6) is 0 Å². The molecule has 0 amide bonds. The second-order valence-corrected chi connectivity index (χ2v) is 14.7. The van der Waals surface area contributed by atoms with Gasteiger partial charge in [-0.3, -0.25) is 0 Å². The van der Waals surface area contributed by atoms with Gasteiger partial charge in [-0.05, 0) is 0 Å².